The summed E-state index contributed by atoms with van der Waals surface area (Å²) in [4.78, 5) is 11.8. The minimum Gasteiger partial charge on any atom is -0.385 e. The van der Waals surface area contributed by atoms with Crippen LogP contribution in [0, 0.1) is 0 Å². The van der Waals surface area contributed by atoms with Gasteiger partial charge in [-0.1, -0.05) is 30.3 Å². The van der Waals surface area contributed by atoms with Crippen LogP contribution < -0.4 is 11.1 Å². The predicted octanol–water partition coefficient (Wildman–Crippen LogP) is 2.04. The number of rotatable bonds is 7. The number of nitrogens with two attached hydrogens (primary N) is 1. The van der Waals surface area contributed by atoms with Gasteiger partial charge in [-0.2, -0.15) is 0 Å². The number of methoxy groups -OCH3 is 1. The molecule has 0 aromatic heterocycles. The van der Waals surface area contributed by atoms with Gasteiger partial charge in [-0.15, -0.1) is 12.4 Å². The second-order valence-electron chi connectivity index (χ2n) is 4.47. The third-order valence-electron chi connectivity index (χ3n) is 2.80. The summed E-state index contributed by atoms with van der Waals surface area (Å²) in [6.45, 7) is 2.61. The predicted molar refractivity (Wildman–Crippen MR) is 79.3 cm³/mol. The quantitative estimate of drug-likeness (QED) is 0.806. The third kappa shape index (κ3) is 7.15. The molecule has 108 valence electrons. The maximum absolute atomic E-state index is 11.8. The topological polar surface area (TPSA) is 64.3 Å². The van der Waals surface area contributed by atoms with Gasteiger partial charge in [-0.3, -0.25) is 4.79 Å². The SMILES string of the molecule is COCCC(C)NC(=O)CC(N)c1ccccc1.Cl. The van der Waals surface area contributed by atoms with Crippen molar-refractivity contribution in [3.8, 4) is 0 Å². The van der Waals surface area contributed by atoms with E-state index in [2.05, 4.69) is 5.32 Å². The van der Waals surface area contributed by atoms with Crippen LogP contribution in [0.4, 0.5) is 0 Å². The summed E-state index contributed by atoms with van der Waals surface area (Å²) in [6, 6.07) is 9.52. The van der Waals surface area contributed by atoms with Gasteiger partial charge in [0, 0.05) is 32.2 Å². The van der Waals surface area contributed by atoms with Crippen LogP contribution in [0.3, 0.4) is 0 Å². The summed E-state index contributed by atoms with van der Waals surface area (Å²) >= 11 is 0. The van der Waals surface area contributed by atoms with Gasteiger partial charge < -0.3 is 15.8 Å². The zero-order valence-electron chi connectivity index (χ0n) is 11.5. The van der Waals surface area contributed by atoms with Crippen molar-refractivity contribution in [1.82, 2.24) is 5.32 Å². The molecule has 3 N–H and O–H groups in total. The highest BCUT2D eigenvalue weighted by atomic mass is 35.5. The van der Waals surface area contributed by atoms with Gasteiger partial charge >= 0.3 is 0 Å². The lowest BCUT2D eigenvalue weighted by molar-refractivity contribution is -0.122. The fraction of sp³-hybridized carbons (Fsp3) is 0.500. The normalized spacial score (nSPS) is 13.2. The number of halogens is 1. The first-order valence-electron chi connectivity index (χ1n) is 6.22. The second-order valence-corrected chi connectivity index (χ2v) is 4.47. The smallest absolute Gasteiger partial charge is 0.222 e. The minimum absolute atomic E-state index is 0. The Bertz CT molecular complexity index is 360. The third-order valence-corrected chi connectivity index (χ3v) is 2.80. The molecule has 0 spiro atoms. The van der Waals surface area contributed by atoms with Crippen LogP contribution in [-0.2, 0) is 9.53 Å². The highest BCUT2D eigenvalue weighted by Gasteiger charge is 2.13. The number of benzene rings is 1. The van der Waals surface area contributed by atoms with E-state index >= 15 is 0 Å². The van der Waals surface area contributed by atoms with Crippen molar-refractivity contribution in [1.29, 1.82) is 0 Å². The maximum Gasteiger partial charge on any atom is 0.222 e. The van der Waals surface area contributed by atoms with Gasteiger partial charge in [0.05, 0.1) is 0 Å². The lowest BCUT2D eigenvalue weighted by Gasteiger charge is -2.16. The molecule has 19 heavy (non-hydrogen) atoms. The molecule has 1 rings (SSSR count). The molecule has 0 aliphatic carbocycles. The molecule has 1 aromatic rings. The van der Waals surface area contributed by atoms with Crippen molar-refractivity contribution < 1.29 is 9.53 Å². The van der Waals surface area contributed by atoms with Crippen LogP contribution in [0.1, 0.15) is 31.4 Å². The molecule has 2 atom stereocenters. The summed E-state index contributed by atoms with van der Waals surface area (Å²) < 4.78 is 4.97. The maximum atomic E-state index is 11.8. The number of nitrogens with one attached hydrogen (secondary N) is 1. The van der Waals surface area contributed by atoms with E-state index in [-0.39, 0.29) is 30.4 Å². The molecular formula is C14H23ClN2O2. The molecule has 2 unspecified atom stereocenters. The number of amides is 1. The Morgan fingerprint density at radius 2 is 2.00 bits per heavy atom. The molecule has 0 fully saturated rings. The number of carbonyl (C=O) groups is 1. The highest BCUT2D eigenvalue weighted by Crippen LogP contribution is 2.13. The van der Waals surface area contributed by atoms with E-state index in [9.17, 15) is 4.79 Å². The minimum atomic E-state index is -0.249. The number of hydrogen-bond donors (Lipinski definition) is 2. The van der Waals surface area contributed by atoms with Crippen molar-refractivity contribution in [3.63, 3.8) is 0 Å². The Morgan fingerprint density at radius 3 is 2.58 bits per heavy atom. The molecule has 1 amide bonds. The summed E-state index contributed by atoms with van der Waals surface area (Å²) in [5, 5.41) is 2.92. The van der Waals surface area contributed by atoms with E-state index in [0.717, 1.165) is 12.0 Å². The van der Waals surface area contributed by atoms with Crippen molar-refractivity contribution >= 4 is 18.3 Å². The van der Waals surface area contributed by atoms with Crippen molar-refractivity contribution in [3.05, 3.63) is 35.9 Å². The summed E-state index contributed by atoms with van der Waals surface area (Å²) in [7, 11) is 1.65. The van der Waals surface area contributed by atoms with Crippen LogP contribution in [0.25, 0.3) is 0 Å². The van der Waals surface area contributed by atoms with Gasteiger partial charge in [0.15, 0.2) is 0 Å². The fourth-order valence-corrected chi connectivity index (χ4v) is 1.72. The molecule has 0 bridgehead atoms. The Labute approximate surface area is 121 Å². The van der Waals surface area contributed by atoms with Crippen LogP contribution in [-0.4, -0.2) is 25.7 Å². The fourth-order valence-electron chi connectivity index (χ4n) is 1.72. The van der Waals surface area contributed by atoms with E-state index in [4.69, 9.17) is 10.5 Å². The summed E-state index contributed by atoms with van der Waals surface area (Å²) in [5.74, 6) is -0.0186. The van der Waals surface area contributed by atoms with E-state index in [1.165, 1.54) is 0 Å². The molecular weight excluding hydrogens is 264 g/mol. The van der Waals surface area contributed by atoms with Crippen LogP contribution in [0.5, 0.6) is 0 Å². The first kappa shape index (κ1) is 17.9. The van der Waals surface area contributed by atoms with Gasteiger partial charge in [-0.25, -0.2) is 0 Å². The largest absolute Gasteiger partial charge is 0.385 e. The Morgan fingerprint density at radius 1 is 1.37 bits per heavy atom. The molecule has 0 saturated carbocycles. The summed E-state index contributed by atoms with van der Waals surface area (Å²) in [5.41, 5.74) is 6.97. The molecule has 0 heterocycles. The lowest BCUT2D eigenvalue weighted by atomic mass is 10.0. The Hall–Kier alpha value is -1.10. The molecule has 0 saturated heterocycles. The Kier molecular flexibility index (Phi) is 9.21. The average Bonchev–Trinajstić information content (AvgIpc) is 2.37. The van der Waals surface area contributed by atoms with Gasteiger partial charge in [-0.05, 0) is 18.9 Å². The Balaban J connectivity index is 0.00000324. The molecule has 1 aromatic carbocycles. The molecule has 4 nitrogen and oxygen atoms in total. The zero-order chi connectivity index (χ0) is 13.4. The van der Waals surface area contributed by atoms with Crippen molar-refractivity contribution in [2.75, 3.05) is 13.7 Å². The van der Waals surface area contributed by atoms with E-state index in [1.54, 1.807) is 7.11 Å². The first-order valence-corrected chi connectivity index (χ1v) is 6.22. The van der Waals surface area contributed by atoms with Crippen molar-refractivity contribution in [2.24, 2.45) is 5.73 Å². The zero-order valence-corrected chi connectivity index (χ0v) is 12.3. The first-order chi connectivity index (χ1) is 8.63. The van der Waals surface area contributed by atoms with Gasteiger partial charge in [0.2, 0.25) is 5.91 Å². The number of ether oxygens (including phenoxy) is 1. The summed E-state index contributed by atoms with van der Waals surface area (Å²) in [6.07, 6.45) is 1.12. The highest BCUT2D eigenvalue weighted by molar-refractivity contribution is 5.85. The van der Waals surface area contributed by atoms with E-state index in [0.29, 0.717) is 13.0 Å². The van der Waals surface area contributed by atoms with E-state index in [1.807, 2.05) is 37.3 Å². The van der Waals surface area contributed by atoms with E-state index < -0.39 is 0 Å². The van der Waals surface area contributed by atoms with Crippen LogP contribution in [0.15, 0.2) is 30.3 Å². The van der Waals surface area contributed by atoms with Gasteiger partial charge in [0.1, 0.15) is 0 Å². The van der Waals surface area contributed by atoms with Gasteiger partial charge in [0.25, 0.3) is 0 Å². The van der Waals surface area contributed by atoms with Crippen LogP contribution >= 0.6 is 12.4 Å². The molecule has 0 radical (unpaired) electrons. The monoisotopic (exact) mass is 286 g/mol. The lowest BCUT2D eigenvalue weighted by Crippen LogP contribution is -2.35. The standard InChI is InChI=1S/C14H22N2O2.ClH/c1-11(8-9-18-2)16-14(17)10-13(15)12-6-4-3-5-7-12;/h3-7,11,13H,8-10,15H2,1-2H3,(H,16,17);1H. The van der Waals surface area contributed by atoms with Crippen LogP contribution in [0.2, 0.25) is 0 Å². The number of hydrogen-bond acceptors (Lipinski definition) is 3. The number of carbonyl (C=O) groups excluding carboxylic acids is 1. The molecule has 5 heteroatoms. The molecule has 0 aliphatic rings. The second kappa shape index (κ2) is 9.78. The molecule has 0 aliphatic heterocycles. The average molecular weight is 287 g/mol. The van der Waals surface area contributed by atoms with Crippen molar-refractivity contribution in [2.45, 2.75) is 31.8 Å².